The van der Waals surface area contributed by atoms with Gasteiger partial charge in [-0.05, 0) is 70.6 Å². The highest BCUT2D eigenvalue weighted by Gasteiger charge is 2.54. The van der Waals surface area contributed by atoms with Crippen LogP contribution in [0.3, 0.4) is 0 Å². The maximum Gasteiger partial charge on any atom is 0.220 e. The molecule has 3 aliphatic rings. The van der Waals surface area contributed by atoms with Crippen LogP contribution >= 0.6 is 0 Å². The van der Waals surface area contributed by atoms with Gasteiger partial charge in [-0.25, -0.2) is 0 Å². The molecule has 19 heteroatoms. The number of aliphatic hydroxyl groups excluding tert-OH is 11. The average Bonchev–Trinajstić information content (AvgIpc) is 0.782. The first-order chi connectivity index (χ1) is 53.8. The fraction of sp³-hybridized carbons (Fsp3) is 0.835. The molecule has 0 aromatic rings. The number of carbonyl (C=O) groups excluding carboxylic acids is 1. The molecule has 0 saturated carbocycles. The Hall–Kier alpha value is -3.03. The molecule has 3 heterocycles. The number of carbonyl (C=O) groups is 1. The van der Waals surface area contributed by atoms with Crippen LogP contribution in [0.5, 0.6) is 0 Å². The van der Waals surface area contributed by atoms with Crippen molar-refractivity contribution in [2.24, 2.45) is 0 Å². The summed E-state index contributed by atoms with van der Waals surface area (Å²) >= 11 is 0. The van der Waals surface area contributed by atoms with E-state index in [1.165, 1.54) is 244 Å². The third kappa shape index (κ3) is 48.5. The van der Waals surface area contributed by atoms with Gasteiger partial charge in [0.15, 0.2) is 18.9 Å². The van der Waals surface area contributed by atoms with Crippen LogP contribution in [0.15, 0.2) is 85.1 Å². The van der Waals surface area contributed by atoms with Gasteiger partial charge in [-0.1, -0.05) is 362 Å². The molecule has 0 aromatic carbocycles. The Labute approximate surface area is 667 Å². The predicted molar refractivity (Wildman–Crippen MR) is 443 cm³/mol. The maximum atomic E-state index is 13.5. The van der Waals surface area contributed by atoms with Crippen molar-refractivity contribution in [2.75, 3.05) is 26.4 Å². The number of unbranched alkanes of at least 4 members (excludes halogenated alkanes) is 44. The Bertz CT molecular complexity index is 2310. The lowest BCUT2D eigenvalue weighted by molar-refractivity contribution is -0.379. The normalized spacial score (nSPS) is 25.6. The highest BCUT2D eigenvalue weighted by atomic mass is 16.8. The third-order valence-electron chi connectivity index (χ3n) is 21.9. The van der Waals surface area contributed by atoms with Gasteiger partial charge in [0.1, 0.15) is 73.2 Å². The molecule has 3 aliphatic heterocycles. The summed E-state index contributed by atoms with van der Waals surface area (Å²) in [6.07, 6.45) is 68.7. The summed E-state index contributed by atoms with van der Waals surface area (Å²) in [5.41, 5.74) is 0. The van der Waals surface area contributed by atoms with E-state index in [0.717, 1.165) is 83.5 Å². The topological polar surface area (TPSA) is 307 Å². The zero-order valence-corrected chi connectivity index (χ0v) is 69.0. The third-order valence-corrected chi connectivity index (χ3v) is 21.9. The van der Waals surface area contributed by atoms with E-state index in [2.05, 4.69) is 92.1 Å². The van der Waals surface area contributed by atoms with Crippen molar-refractivity contribution in [1.82, 2.24) is 5.32 Å². The first-order valence-corrected chi connectivity index (χ1v) is 44.8. The van der Waals surface area contributed by atoms with Gasteiger partial charge in [0.25, 0.3) is 0 Å². The van der Waals surface area contributed by atoms with Crippen LogP contribution in [0.25, 0.3) is 0 Å². The van der Waals surface area contributed by atoms with Crippen LogP contribution in [-0.4, -0.2) is 193 Å². The van der Waals surface area contributed by atoms with Crippen molar-refractivity contribution in [2.45, 2.75) is 458 Å². The van der Waals surface area contributed by atoms with Crippen molar-refractivity contribution in [1.29, 1.82) is 0 Å². The molecular formula is C91H163NO18. The molecule has 19 nitrogen and oxygen atoms in total. The van der Waals surface area contributed by atoms with Crippen molar-refractivity contribution >= 4 is 5.91 Å². The van der Waals surface area contributed by atoms with Crippen molar-refractivity contribution in [3.8, 4) is 0 Å². The highest BCUT2D eigenvalue weighted by molar-refractivity contribution is 5.76. The first-order valence-electron chi connectivity index (χ1n) is 44.8. The summed E-state index contributed by atoms with van der Waals surface area (Å²) in [7, 11) is 0. The second kappa shape index (κ2) is 70.2. The Morgan fingerprint density at radius 2 is 0.627 bits per heavy atom. The minimum absolute atomic E-state index is 0.245. The van der Waals surface area contributed by atoms with E-state index in [0.29, 0.717) is 6.42 Å². The molecule has 0 radical (unpaired) electrons. The number of amides is 1. The molecule has 0 aliphatic carbocycles. The van der Waals surface area contributed by atoms with Gasteiger partial charge < -0.3 is 89.9 Å². The number of hydrogen-bond donors (Lipinski definition) is 12. The van der Waals surface area contributed by atoms with Crippen molar-refractivity contribution < 1.29 is 89.4 Å². The second-order valence-electron chi connectivity index (χ2n) is 31.7. The molecule has 3 rings (SSSR count). The lowest BCUT2D eigenvalue weighted by Gasteiger charge is -2.48. The van der Waals surface area contributed by atoms with Crippen LogP contribution in [0.1, 0.15) is 354 Å². The number of aliphatic hydroxyl groups is 11. The average molecular weight is 1560 g/mol. The van der Waals surface area contributed by atoms with Crippen LogP contribution < -0.4 is 5.32 Å². The summed E-state index contributed by atoms with van der Waals surface area (Å²) in [6.45, 7) is 1.67. The molecule has 17 atom stereocenters. The first kappa shape index (κ1) is 101. The predicted octanol–water partition coefficient (Wildman–Crippen LogP) is 16.9. The molecule has 17 unspecified atom stereocenters. The van der Waals surface area contributed by atoms with Gasteiger partial charge >= 0.3 is 0 Å². The van der Waals surface area contributed by atoms with Gasteiger partial charge in [0.2, 0.25) is 5.91 Å². The van der Waals surface area contributed by atoms with Gasteiger partial charge in [-0.15, -0.1) is 0 Å². The fourth-order valence-corrected chi connectivity index (χ4v) is 14.8. The van der Waals surface area contributed by atoms with Gasteiger partial charge in [-0.3, -0.25) is 4.79 Å². The summed E-state index contributed by atoms with van der Waals surface area (Å²) in [5.74, 6) is -0.270. The number of allylic oxidation sites excluding steroid dienone is 13. The molecule has 1 amide bonds. The Balaban J connectivity index is 1.30. The largest absolute Gasteiger partial charge is 0.394 e. The summed E-state index contributed by atoms with van der Waals surface area (Å²) in [6, 6.07) is -0.976. The van der Waals surface area contributed by atoms with E-state index in [-0.39, 0.29) is 18.9 Å². The molecule has 0 spiro atoms. The molecule has 640 valence electrons. The maximum absolute atomic E-state index is 13.5. The molecule has 12 N–H and O–H groups in total. The van der Waals surface area contributed by atoms with Crippen LogP contribution in [0.4, 0.5) is 0 Å². The SMILES string of the molecule is CC/C=C\C/C=C\C/C=C\C/C=C\C/C=C\C/C=C\CCCCCCCCCCCCCCCCCCCCCCCCC(=O)NC(COC1OC(CO)C(OC2OC(CO)C(OC3OC(CO)C(O)C(O)C3O)C(O)C2O)C(O)C1O)C(O)/C=C/CCCCCCCCCCCCCCCCCCCCCCCC. The zero-order chi connectivity index (χ0) is 79.5. The van der Waals surface area contributed by atoms with E-state index >= 15 is 0 Å². The van der Waals surface area contributed by atoms with Crippen molar-refractivity contribution in [3.05, 3.63) is 85.1 Å². The molecule has 0 bridgehead atoms. The Morgan fingerprint density at radius 3 is 0.982 bits per heavy atom. The number of hydrogen-bond acceptors (Lipinski definition) is 18. The number of rotatable bonds is 72. The van der Waals surface area contributed by atoms with Crippen LogP contribution in [-0.2, 0) is 33.2 Å². The lowest BCUT2D eigenvalue weighted by Crippen LogP contribution is -2.66. The molecular weight excluding hydrogens is 1390 g/mol. The summed E-state index contributed by atoms with van der Waals surface area (Å²) in [5, 5.41) is 121. The monoisotopic (exact) mass is 1560 g/mol. The molecule has 0 aromatic heterocycles. The van der Waals surface area contributed by atoms with E-state index in [9.17, 15) is 61.0 Å². The van der Waals surface area contributed by atoms with Gasteiger partial charge in [0, 0.05) is 6.42 Å². The Kier molecular flexibility index (Phi) is 64.6. The zero-order valence-electron chi connectivity index (χ0n) is 69.0. The molecule has 3 saturated heterocycles. The van der Waals surface area contributed by atoms with Crippen molar-refractivity contribution in [3.63, 3.8) is 0 Å². The summed E-state index contributed by atoms with van der Waals surface area (Å²) < 4.78 is 34.5. The smallest absolute Gasteiger partial charge is 0.220 e. The van der Waals surface area contributed by atoms with E-state index in [4.69, 9.17) is 28.4 Å². The van der Waals surface area contributed by atoms with Crippen LogP contribution in [0, 0.1) is 0 Å². The molecule has 110 heavy (non-hydrogen) atoms. The summed E-state index contributed by atoms with van der Waals surface area (Å²) in [4.78, 5) is 13.5. The van der Waals surface area contributed by atoms with E-state index in [1.54, 1.807) is 6.08 Å². The highest BCUT2D eigenvalue weighted by Crippen LogP contribution is 2.33. The standard InChI is InChI=1S/C91H163NO18/c1-3-5-7-9-11-13-15-17-19-21-23-25-27-29-30-31-32-33-34-35-36-37-38-39-40-41-42-43-44-45-47-49-51-53-55-57-59-61-63-65-67-69-79(97)92-74(75(96)68-66-64-62-60-58-56-54-52-50-48-46-28-26-24-22-20-18-16-14-12-10-8-6-4-2)73-105-89-85(103)82(100)87(77(71-94)107-89)110-91-86(104)83(101)88(78(72-95)108-91)109-90-84(102)81(99)80(98)76(70-93)106-90/h5,7,11,13,17,19,23,25,29-30,32-33,66,68,74-78,80-91,93-96,98-104H,3-4,6,8-10,12,14-16,18,20-22,24,26-28,31,34-65,67,69-73H2,1-2H3,(H,92,97)/b7-5-,13-11-,19-17-,25-23-,30-29-,33-32-,68-66+. The molecule has 3 fully saturated rings. The minimum atomic E-state index is -1.98. The number of ether oxygens (including phenoxy) is 6. The van der Waals surface area contributed by atoms with Gasteiger partial charge in [-0.2, -0.15) is 0 Å². The van der Waals surface area contributed by atoms with E-state index in [1.807, 2.05) is 6.08 Å². The number of nitrogens with one attached hydrogen (secondary N) is 1. The van der Waals surface area contributed by atoms with Gasteiger partial charge in [0.05, 0.1) is 38.6 Å². The quantitative estimate of drug-likeness (QED) is 0.0199. The van der Waals surface area contributed by atoms with Crippen LogP contribution in [0.2, 0.25) is 0 Å². The minimum Gasteiger partial charge on any atom is -0.394 e. The lowest BCUT2D eigenvalue weighted by atomic mass is 9.96. The fourth-order valence-electron chi connectivity index (χ4n) is 14.8. The van der Waals surface area contributed by atoms with E-state index < -0.39 is 124 Å². The Morgan fingerprint density at radius 1 is 0.336 bits per heavy atom. The second-order valence-corrected chi connectivity index (χ2v) is 31.7.